The zero-order valence-electron chi connectivity index (χ0n) is 13.7. The fraction of sp³-hybridized carbons (Fsp3) is 0.235. The van der Waals surface area contributed by atoms with Crippen LogP contribution in [0.1, 0.15) is 6.42 Å². The zero-order valence-corrected chi connectivity index (χ0v) is 16.0. The van der Waals surface area contributed by atoms with E-state index in [4.69, 9.17) is 28.9 Å². The van der Waals surface area contributed by atoms with Crippen LogP contribution in [0.2, 0.25) is 10.0 Å². The summed E-state index contributed by atoms with van der Waals surface area (Å²) in [5, 5.41) is 0.344. The molecule has 0 bridgehead atoms. The molecule has 0 unspecified atom stereocenters. The number of anilines is 1. The summed E-state index contributed by atoms with van der Waals surface area (Å²) in [5.41, 5.74) is 5.76. The number of sulfone groups is 1. The quantitative estimate of drug-likeness (QED) is 0.712. The SMILES string of the molecule is NC(=O)CCN(CCS(=O)(=O)c1cc(Cl)ccc1Cl)c1ccc(F)cc1. The number of nitrogens with zero attached hydrogens (tertiary/aromatic N) is 1. The summed E-state index contributed by atoms with van der Waals surface area (Å²) in [5.74, 6) is -1.19. The highest BCUT2D eigenvalue weighted by Crippen LogP contribution is 2.26. The van der Waals surface area contributed by atoms with E-state index < -0.39 is 21.6 Å². The van der Waals surface area contributed by atoms with Gasteiger partial charge in [-0.25, -0.2) is 12.8 Å². The van der Waals surface area contributed by atoms with Gasteiger partial charge in [0, 0.05) is 30.2 Å². The monoisotopic (exact) mass is 418 g/mol. The van der Waals surface area contributed by atoms with Crippen LogP contribution in [0.3, 0.4) is 0 Å². The molecule has 2 N–H and O–H groups in total. The maximum Gasteiger partial charge on any atom is 0.219 e. The molecule has 0 aliphatic heterocycles. The van der Waals surface area contributed by atoms with E-state index in [1.54, 1.807) is 4.90 Å². The smallest absolute Gasteiger partial charge is 0.219 e. The topological polar surface area (TPSA) is 80.5 Å². The van der Waals surface area contributed by atoms with Gasteiger partial charge in [-0.15, -0.1) is 0 Å². The lowest BCUT2D eigenvalue weighted by Crippen LogP contribution is -2.32. The Morgan fingerprint density at radius 1 is 1.08 bits per heavy atom. The fourth-order valence-electron chi connectivity index (χ4n) is 2.32. The number of rotatable bonds is 8. The number of carbonyl (C=O) groups is 1. The molecule has 2 aromatic rings. The minimum Gasteiger partial charge on any atom is -0.370 e. The highest BCUT2D eigenvalue weighted by atomic mass is 35.5. The Balaban J connectivity index is 2.20. The van der Waals surface area contributed by atoms with E-state index in [0.29, 0.717) is 5.69 Å². The molecule has 1 amide bonds. The molecule has 2 rings (SSSR count). The summed E-state index contributed by atoms with van der Waals surface area (Å²) in [4.78, 5) is 12.7. The molecule has 0 atom stereocenters. The lowest BCUT2D eigenvalue weighted by molar-refractivity contribution is -0.117. The summed E-state index contributed by atoms with van der Waals surface area (Å²) < 4.78 is 38.4. The van der Waals surface area contributed by atoms with Gasteiger partial charge in [-0.1, -0.05) is 23.2 Å². The molecule has 0 saturated carbocycles. The average molecular weight is 419 g/mol. The van der Waals surface area contributed by atoms with Crippen LogP contribution in [0.4, 0.5) is 10.1 Å². The van der Waals surface area contributed by atoms with Gasteiger partial charge in [0.2, 0.25) is 5.91 Å². The number of hydrogen-bond donors (Lipinski definition) is 1. The Kier molecular flexibility index (Phi) is 6.86. The Hall–Kier alpha value is -1.83. The van der Waals surface area contributed by atoms with Crippen molar-refractivity contribution in [3.63, 3.8) is 0 Å². The molecule has 0 spiro atoms. The van der Waals surface area contributed by atoms with E-state index in [9.17, 15) is 17.6 Å². The molecule has 5 nitrogen and oxygen atoms in total. The standard InChI is InChI=1S/C17H17Cl2FN2O3S/c18-12-1-6-15(19)16(11-12)26(24,25)10-9-22(8-7-17(21)23)14-4-2-13(20)3-5-14/h1-6,11H,7-10H2,(H2,21,23). The fourth-order valence-corrected chi connectivity index (χ4v) is 4.38. The van der Waals surface area contributed by atoms with Crippen molar-refractivity contribution < 1.29 is 17.6 Å². The van der Waals surface area contributed by atoms with E-state index in [2.05, 4.69) is 0 Å². The third-order valence-corrected chi connectivity index (χ3v) is 6.08. The zero-order chi connectivity index (χ0) is 19.3. The first-order valence-electron chi connectivity index (χ1n) is 7.65. The first-order chi connectivity index (χ1) is 12.2. The van der Waals surface area contributed by atoms with E-state index >= 15 is 0 Å². The Labute approximate surface area is 161 Å². The molecule has 0 aliphatic rings. The van der Waals surface area contributed by atoms with Gasteiger partial charge in [-0.3, -0.25) is 4.79 Å². The van der Waals surface area contributed by atoms with Crippen molar-refractivity contribution in [2.75, 3.05) is 23.7 Å². The van der Waals surface area contributed by atoms with Crippen LogP contribution in [0, 0.1) is 5.82 Å². The molecule has 0 aliphatic carbocycles. The van der Waals surface area contributed by atoms with Crippen molar-refractivity contribution in [2.45, 2.75) is 11.3 Å². The minimum atomic E-state index is -3.71. The van der Waals surface area contributed by atoms with Crippen LogP contribution in [0.25, 0.3) is 0 Å². The van der Waals surface area contributed by atoms with Gasteiger partial charge in [-0.05, 0) is 42.5 Å². The molecule has 2 aromatic carbocycles. The summed E-state index contributed by atoms with van der Waals surface area (Å²) in [6, 6.07) is 9.75. The largest absolute Gasteiger partial charge is 0.370 e. The molecule has 0 radical (unpaired) electrons. The molecule has 26 heavy (non-hydrogen) atoms. The number of primary amides is 1. The number of hydrogen-bond acceptors (Lipinski definition) is 4. The predicted molar refractivity (Wildman–Crippen MR) is 101 cm³/mol. The molecule has 0 fully saturated rings. The minimum absolute atomic E-state index is 0.0370. The van der Waals surface area contributed by atoms with E-state index in [0.717, 1.165) is 0 Å². The molecular weight excluding hydrogens is 402 g/mol. The van der Waals surface area contributed by atoms with Gasteiger partial charge < -0.3 is 10.6 Å². The maximum absolute atomic E-state index is 13.1. The normalized spacial score (nSPS) is 11.3. The number of carbonyl (C=O) groups excluding carboxylic acids is 1. The van der Waals surface area contributed by atoms with Gasteiger partial charge in [0.1, 0.15) is 5.82 Å². The van der Waals surface area contributed by atoms with Gasteiger partial charge >= 0.3 is 0 Å². The van der Waals surface area contributed by atoms with Crippen LogP contribution < -0.4 is 10.6 Å². The molecular formula is C17H17Cl2FN2O3S. The van der Waals surface area contributed by atoms with E-state index in [1.165, 1.54) is 42.5 Å². The molecule has 0 aromatic heterocycles. The van der Waals surface area contributed by atoms with Crippen molar-refractivity contribution in [1.82, 2.24) is 0 Å². The van der Waals surface area contributed by atoms with Crippen LogP contribution >= 0.6 is 23.2 Å². The van der Waals surface area contributed by atoms with Crippen molar-refractivity contribution in [3.8, 4) is 0 Å². The number of benzene rings is 2. The maximum atomic E-state index is 13.1. The molecule has 140 valence electrons. The molecule has 9 heteroatoms. The Morgan fingerprint density at radius 3 is 2.35 bits per heavy atom. The summed E-state index contributed by atoms with van der Waals surface area (Å²) in [6.07, 6.45) is 0.0370. The second kappa shape index (κ2) is 8.70. The van der Waals surface area contributed by atoms with Crippen LogP contribution in [0.15, 0.2) is 47.4 Å². The number of nitrogens with two attached hydrogens (primary N) is 1. The van der Waals surface area contributed by atoms with E-state index in [1.807, 2.05) is 0 Å². The summed E-state index contributed by atoms with van der Waals surface area (Å²) in [7, 11) is -3.71. The lowest BCUT2D eigenvalue weighted by Gasteiger charge is -2.24. The summed E-state index contributed by atoms with van der Waals surface area (Å²) in [6.45, 7) is 0.282. The summed E-state index contributed by atoms with van der Waals surface area (Å²) >= 11 is 11.8. The van der Waals surface area contributed by atoms with Gasteiger partial charge in [0.25, 0.3) is 0 Å². The van der Waals surface area contributed by atoms with Crippen LogP contribution in [-0.4, -0.2) is 33.2 Å². The van der Waals surface area contributed by atoms with E-state index in [-0.39, 0.29) is 40.2 Å². The number of amides is 1. The highest BCUT2D eigenvalue weighted by Gasteiger charge is 2.20. The van der Waals surface area contributed by atoms with Crippen molar-refractivity contribution in [2.24, 2.45) is 5.73 Å². The van der Waals surface area contributed by atoms with Crippen LogP contribution in [0.5, 0.6) is 0 Å². The van der Waals surface area contributed by atoms with Gasteiger partial charge in [-0.2, -0.15) is 0 Å². The third-order valence-electron chi connectivity index (χ3n) is 3.68. The first-order valence-corrected chi connectivity index (χ1v) is 10.1. The van der Waals surface area contributed by atoms with Crippen LogP contribution in [-0.2, 0) is 14.6 Å². The lowest BCUT2D eigenvalue weighted by atomic mass is 10.2. The predicted octanol–water partition coefficient (Wildman–Crippen LogP) is 3.29. The van der Waals surface area contributed by atoms with Gasteiger partial charge in [0.05, 0.1) is 15.7 Å². The number of halogens is 3. The Bertz CT molecular complexity index is 889. The first kappa shape index (κ1) is 20.5. The second-order valence-corrected chi connectivity index (χ2v) is 8.49. The molecule has 0 saturated heterocycles. The van der Waals surface area contributed by atoms with Crippen molar-refractivity contribution in [1.29, 1.82) is 0 Å². The molecule has 0 heterocycles. The van der Waals surface area contributed by atoms with Gasteiger partial charge in [0.15, 0.2) is 9.84 Å². The third kappa shape index (κ3) is 5.59. The average Bonchev–Trinajstić information content (AvgIpc) is 2.58. The Morgan fingerprint density at radius 2 is 1.73 bits per heavy atom. The van der Waals surface area contributed by atoms with Crippen molar-refractivity contribution in [3.05, 3.63) is 58.3 Å². The highest BCUT2D eigenvalue weighted by molar-refractivity contribution is 7.91. The van der Waals surface area contributed by atoms with Crippen molar-refractivity contribution >= 4 is 44.6 Å². The second-order valence-electron chi connectivity index (χ2n) is 5.57.